The monoisotopic (exact) mass is 293 g/mol. The van der Waals surface area contributed by atoms with Crippen molar-refractivity contribution in [2.75, 3.05) is 0 Å². The molecule has 0 fully saturated rings. The minimum atomic E-state index is -0.885. The zero-order chi connectivity index (χ0) is 15.7. The number of allylic oxidation sites excluding steroid dienone is 2. The summed E-state index contributed by atoms with van der Waals surface area (Å²) in [6.45, 7) is 1.77. The van der Waals surface area contributed by atoms with E-state index >= 15 is 0 Å². The van der Waals surface area contributed by atoms with Crippen LogP contribution in [0, 0.1) is 11.3 Å². The molecule has 1 aromatic rings. The molecule has 3 rings (SSSR count). The van der Waals surface area contributed by atoms with Gasteiger partial charge in [0, 0.05) is 5.56 Å². The van der Waals surface area contributed by atoms with Crippen LogP contribution < -0.4 is 10.9 Å². The fourth-order valence-corrected chi connectivity index (χ4v) is 2.23. The van der Waals surface area contributed by atoms with Crippen LogP contribution in [0.1, 0.15) is 12.5 Å². The highest BCUT2D eigenvalue weighted by molar-refractivity contribution is 6.36. The number of carbonyl (C=O) groups excluding carboxylic acids is 2. The Morgan fingerprint density at radius 1 is 1.18 bits per heavy atom. The van der Waals surface area contributed by atoms with Crippen LogP contribution in [0.3, 0.4) is 0 Å². The van der Waals surface area contributed by atoms with Crippen LogP contribution in [-0.2, 0) is 9.59 Å². The molecule has 0 bridgehead atoms. The maximum Gasteiger partial charge on any atom is 0.331 e. The lowest BCUT2D eigenvalue weighted by molar-refractivity contribution is -0.140. The van der Waals surface area contributed by atoms with E-state index in [-0.39, 0.29) is 11.4 Å². The number of hydrogen-bond acceptors (Lipinski definition) is 5. The van der Waals surface area contributed by atoms with Crippen LogP contribution in [0.5, 0.6) is 0 Å². The van der Waals surface area contributed by atoms with E-state index in [0.717, 1.165) is 5.56 Å². The smallest absolute Gasteiger partial charge is 0.262 e. The third-order valence-corrected chi connectivity index (χ3v) is 3.29. The third kappa shape index (κ3) is 2.13. The number of benzene rings is 1. The number of hydrazone groups is 1. The number of hydrazine groups is 1. The highest BCUT2D eigenvalue weighted by atomic mass is 16.2. The van der Waals surface area contributed by atoms with Crippen molar-refractivity contribution in [3.63, 3.8) is 0 Å². The van der Waals surface area contributed by atoms with E-state index in [1.54, 1.807) is 13.0 Å². The van der Waals surface area contributed by atoms with Gasteiger partial charge in [-0.25, -0.2) is 10.4 Å². The highest BCUT2D eigenvalue weighted by Crippen LogP contribution is 2.28. The number of carbonyl (C=O) groups is 2. The van der Waals surface area contributed by atoms with Gasteiger partial charge in [-0.1, -0.05) is 30.3 Å². The summed E-state index contributed by atoms with van der Waals surface area (Å²) >= 11 is 0. The van der Waals surface area contributed by atoms with E-state index < -0.39 is 11.8 Å². The molecule has 0 unspecified atom stereocenters. The largest absolute Gasteiger partial charge is 0.331 e. The average molecular weight is 293 g/mol. The number of nitrogens with one attached hydrogen (secondary N) is 2. The number of nitrogens with zero attached hydrogens (tertiary/aromatic N) is 3. The quantitative estimate of drug-likeness (QED) is 0.743. The van der Waals surface area contributed by atoms with Gasteiger partial charge in [-0.05, 0) is 18.6 Å². The van der Waals surface area contributed by atoms with Gasteiger partial charge in [-0.2, -0.15) is 10.4 Å². The van der Waals surface area contributed by atoms with Crippen molar-refractivity contribution in [2.24, 2.45) is 5.10 Å². The Bertz CT molecular complexity index is 799. The topological polar surface area (TPSA) is 97.6 Å². The number of amides is 2. The molecule has 2 aliphatic heterocycles. The predicted octanol–water partition coefficient (Wildman–Crippen LogP) is 0.658. The molecule has 22 heavy (non-hydrogen) atoms. The lowest BCUT2D eigenvalue weighted by atomic mass is 10.0. The second-order valence-corrected chi connectivity index (χ2v) is 4.72. The Morgan fingerprint density at radius 2 is 1.91 bits per heavy atom. The zero-order valence-electron chi connectivity index (χ0n) is 11.6. The fraction of sp³-hybridized carbons (Fsp3) is 0.0667. The first-order valence-electron chi connectivity index (χ1n) is 6.49. The third-order valence-electron chi connectivity index (χ3n) is 3.29. The van der Waals surface area contributed by atoms with E-state index in [1.165, 1.54) is 5.01 Å². The van der Waals surface area contributed by atoms with Gasteiger partial charge in [0.25, 0.3) is 0 Å². The van der Waals surface area contributed by atoms with Gasteiger partial charge >= 0.3 is 11.8 Å². The van der Waals surface area contributed by atoms with Crippen molar-refractivity contribution in [1.82, 2.24) is 15.9 Å². The molecule has 2 aliphatic rings. The van der Waals surface area contributed by atoms with Crippen LogP contribution in [0.25, 0.3) is 5.70 Å². The van der Waals surface area contributed by atoms with E-state index in [2.05, 4.69) is 16.0 Å². The molecule has 1 aromatic carbocycles. The van der Waals surface area contributed by atoms with E-state index in [0.29, 0.717) is 11.3 Å². The summed E-state index contributed by atoms with van der Waals surface area (Å²) in [6.07, 6.45) is 1.77. The molecule has 0 spiro atoms. The van der Waals surface area contributed by atoms with Gasteiger partial charge in [0.1, 0.15) is 11.6 Å². The Balaban J connectivity index is 2.18. The zero-order valence-corrected chi connectivity index (χ0v) is 11.6. The number of amidine groups is 1. The number of rotatable bonds is 1. The van der Waals surface area contributed by atoms with Gasteiger partial charge in [-0.3, -0.25) is 15.0 Å². The number of fused-ring (bicyclic) bond motifs is 1. The van der Waals surface area contributed by atoms with E-state index in [4.69, 9.17) is 0 Å². The molecule has 0 aliphatic carbocycles. The second-order valence-electron chi connectivity index (χ2n) is 4.72. The molecule has 7 nitrogen and oxygen atoms in total. The van der Waals surface area contributed by atoms with E-state index in [9.17, 15) is 14.9 Å². The van der Waals surface area contributed by atoms with Crippen LogP contribution in [-0.4, -0.2) is 22.7 Å². The Labute approximate surface area is 126 Å². The van der Waals surface area contributed by atoms with Crippen LogP contribution >= 0.6 is 0 Å². The molecule has 2 amide bonds. The molecule has 0 aromatic heterocycles. The Hall–Kier alpha value is -3.40. The summed E-state index contributed by atoms with van der Waals surface area (Å²) in [5.74, 6) is -1.55. The molecule has 0 atom stereocenters. The molecule has 2 N–H and O–H groups in total. The van der Waals surface area contributed by atoms with Crippen molar-refractivity contribution >= 4 is 23.3 Å². The predicted molar refractivity (Wildman–Crippen MR) is 78.3 cm³/mol. The Kier molecular flexibility index (Phi) is 3.20. The van der Waals surface area contributed by atoms with Crippen LogP contribution in [0.2, 0.25) is 0 Å². The van der Waals surface area contributed by atoms with Gasteiger partial charge in [0.15, 0.2) is 5.84 Å². The van der Waals surface area contributed by atoms with Crippen molar-refractivity contribution in [2.45, 2.75) is 6.92 Å². The molecular weight excluding hydrogens is 282 g/mol. The number of hydrogen-bond donors (Lipinski definition) is 2. The second kappa shape index (κ2) is 5.18. The minimum Gasteiger partial charge on any atom is -0.262 e. The highest BCUT2D eigenvalue weighted by Gasteiger charge is 2.32. The molecule has 0 saturated heterocycles. The van der Waals surface area contributed by atoms with Crippen LogP contribution in [0.4, 0.5) is 0 Å². The molecule has 0 radical (unpaired) electrons. The molecule has 0 saturated carbocycles. The number of nitriles is 1. The lowest BCUT2D eigenvalue weighted by Crippen LogP contribution is -2.47. The van der Waals surface area contributed by atoms with Crippen LogP contribution in [0.15, 0.2) is 52.7 Å². The van der Waals surface area contributed by atoms with Gasteiger partial charge < -0.3 is 0 Å². The van der Waals surface area contributed by atoms with Gasteiger partial charge in [-0.15, -0.1) is 0 Å². The summed E-state index contributed by atoms with van der Waals surface area (Å²) in [6, 6.07) is 11.3. The Morgan fingerprint density at radius 3 is 2.59 bits per heavy atom. The van der Waals surface area contributed by atoms with Crippen molar-refractivity contribution in [3.8, 4) is 6.07 Å². The van der Waals surface area contributed by atoms with Crippen molar-refractivity contribution < 1.29 is 9.59 Å². The maximum atomic E-state index is 11.8. The first-order valence-corrected chi connectivity index (χ1v) is 6.49. The normalized spacial score (nSPS) is 17.5. The standard InChI is InChI=1S/C15H11N5O2/c1-9-7-12(10-5-3-2-4-6-10)20-13(11(9)8-16)17-18-14(21)15(22)19-20/h2-7H,1H3,(H,18,21)(H,19,22). The summed E-state index contributed by atoms with van der Waals surface area (Å²) in [5.41, 5.74) is 7.02. The first kappa shape index (κ1) is 13.6. The molecule has 7 heteroatoms. The summed E-state index contributed by atoms with van der Waals surface area (Å²) < 4.78 is 0. The fourth-order valence-electron chi connectivity index (χ4n) is 2.23. The maximum absolute atomic E-state index is 11.8. The SMILES string of the molecule is CC1=C(C#N)C2=NNC(=O)C(=O)NN2C(c2ccccc2)=C1. The van der Waals surface area contributed by atoms with Gasteiger partial charge in [0.2, 0.25) is 0 Å². The molecule has 2 heterocycles. The van der Waals surface area contributed by atoms with E-state index in [1.807, 2.05) is 36.4 Å². The van der Waals surface area contributed by atoms with Crippen molar-refractivity contribution in [1.29, 1.82) is 5.26 Å². The molecule has 108 valence electrons. The lowest BCUT2D eigenvalue weighted by Gasteiger charge is -2.30. The average Bonchev–Trinajstić information content (AvgIpc) is 2.68. The first-order chi connectivity index (χ1) is 10.6. The van der Waals surface area contributed by atoms with Gasteiger partial charge in [0.05, 0.1) is 5.70 Å². The minimum absolute atomic E-state index is 0.181. The summed E-state index contributed by atoms with van der Waals surface area (Å²) in [7, 11) is 0. The molecular formula is C15H11N5O2. The summed E-state index contributed by atoms with van der Waals surface area (Å²) in [5, 5.41) is 14.6. The van der Waals surface area contributed by atoms with Crippen molar-refractivity contribution in [3.05, 3.63) is 53.1 Å². The summed E-state index contributed by atoms with van der Waals surface area (Å²) in [4.78, 5) is 23.3.